The zero-order chi connectivity index (χ0) is 25.9. The maximum absolute atomic E-state index is 13.9. The Hall–Kier alpha value is -3.83. The number of nitrogens with zero attached hydrogens (tertiary/aromatic N) is 2. The fraction of sp³-hybridized carbons (Fsp3) is 0.393. The van der Waals surface area contributed by atoms with E-state index in [4.69, 9.17) is 18.6 Å². The lowest BCUT2D eigenvalue weighted by Gasteiger charge is -2.33. The molecule has 8 nitrogen and oxygen atoms in total. The van der Waals surface area contributed by atoms with Gasteiger partial charge in [-0.2, -0.15) is 5.26 Å². The third-order valence-corrected chi connectivity index (χ3v) is 6.21. The normalized spacial score (nSPS) is 17.4. The van der Waals surface area contributed by atoms with Gasteiger partial charge in [-0.15, -0.1) is 0 Å². The fourth-order valence-electron chi connectivity index (χ4n) is 4.42. The van der Waals surface area contributed by atoms with Crippen LogP contribution in [-0.2, 0) is 31.0 Å². The van der Waals surface area contributed by atoms with E-state index >= 15 is 0 Å². The van der Waals surface area contributed by atoms with Crippen molar-refractivity contribution in [1.29, 1.82) is 5.26 Å². The van der Waals surface area contributed by atoms with Gasteiger partial charge in [-0.1, -0.05) is 30.3 Å². The minimum absolute atomic E-state index is 0.0565. The molecule has 1 unspecified atom stereocenters. The maximum Gasteiger partial charge on any atom is 0.413 e. The highest BCUT2D eigenvalue weighted by atomic mass is 16.6. The van der Waals surface area contributed by atoms with Gasteiger partial charge in [0.2, 0.25) is 0 Å². The number of carbonyl (C=O) groups is 2. The lowest BCUT2D eigenvalue weighted by Crippen LogP contribution is -2.47. The predicted octanol–water partition coefficient (Wildman–Crippen LogP) is 5.29. The quantitative estimate of drug-likeness (QED) is 0.433. The summed E-state index contributed by atoms with van der Waals surface area (Å²) in [6.45, 7) is 5.81. The van der Waals surface area contributed by atoms with Gasteiger partial charge in [0.25, 0.3) is 0 Å². The van der Waals surface area contributed by atoms with Gasteiger partial charge in [0.1, 0.15) is 11.4 Å². The number of fused-ring (bicyclic) bond motifs is 1. The Balaban J connectivity index is 1.67. The summed E-state index contributed by atoms with van der Waals surface area (Å²) in [6.07, 6.45) is 1.51. The topological polar surface area (TPSA) is 102 Å². The number of hydrogen-bond donors (Lipinski definition) is 0. The summed E-state index contributed by atoms with van der Waals surface area (Å²) in [7, 11) is 1.45. The zero-order valence-electron chi connectivity index (χ0n) is 20.9. The third kappa shape index (κ3) is 5.07. The second kappa shape index (κ2) is 10.0. The number of nitriles is 1. The van der Waals surface area contributed by atoms with E-state index < -0.39 is 29.5 Å². The van der Waals surface area contributed by atoms with Crippen LogP contribution in [0.15, 0.2) is 59.2 Å². The zero-order valence-corrected chi connectivity index (χ0v) is 20.9. The van der Waals surface area contributed by atoms with Gasteiger partial charge >= 0.3 is 12.1 Å². The average Bonchev–Trinajstić information content (AvgIpc) is 3.48. The Morgan fingerprint density at radius 2 is 1.92 bits per heavy atom. The molecule has 1 fully saturated rings. The molecule has 1 aromatic heterocycles. The van der Waals surface area contributed by atoms with Crippen molar-refractivity contribution < 1.29 is 28.2 Å². The average molecular weight is 491 g/mol. The molecule has 0 radical (unpaired) electrons. The Morgan fingerprint density at radius 1 is 1.17 bits per heavy atom. The summed E-state index contributed by atoms with van der Waals surface area (Å²) in [5.74, 6) is -0.109. The standard InChI is InChI=1S/C28H30N2O6/c1-27(2,3)36-26(32)30-14-8-11-24(30)35-25(31)28(33-4,21-9-6-5-7-10-21)16-23-22-13-12-19(17-29)15-20(22)18-34-23/h5-7,9-10,12-13,15,18,24H,8,11,14,16H2,1-4H3/t24?,28-/m0/s1. The lowest BCUT2D eigenvalue weighted by atomic mass is 9.88. The van der Waals surface area contributed by atoms with Crippen LogP contribution in [0.25, 0.3) is 10.8 Å². The first kappa shape index (κ1) is 25.3. The molecule has 1 saturated heterocycles. The first-order valence-electron chi connectivity index (χ1n) is 11.9. The number of hydrogen-bond acceptors (Lipinski definition) is 7. The van der Waals surface area contributed by atoms with Crippen LogP contribution in [0.1, 0.15) is 50.5 Å². The highest BCUT2D eigenvalue weighted by Crippen LogP contribution is 2.36. The SMILES string of the molecule is CO[C@](Cc1occ2cc(C#N)ccc12)(C(=O)OC1CCCN1C(=O)OC(C)(C)C)c1ccccc1. The van der Waals surface area contributed by atoms with Crippen molar-refractivity contribution in [3.8, 4) is 6.07 Å². The van der Waals surface area contributed by atoms with Crippen LogP contribution >= 0.6 is 0 Å². The first-order chi connectivity index (χ1) is 17.2. The molecule has 4 rings (SSSR count). The molecular formula is C28H30N2O6. The van der Waals surface area contributed by atoms with E-state index in [0.29, 0.717) is 36.3 Å². The van der Waals surface area contributed by atoms with Gasteiger partial charge in [0.05, 0.1) is 24.3 Å². The molecule has 0 bridgehead atoms. The van der Waals surface area contributed by atoms with E-state index in [2.05, 4.69) is 6.07 Å². The molecule has 0 saturated carbocycles. The van der Waals surface area contributed by atoms with E-state index in [1.807, 2.05) is 18.2 Å². The second-order valence-electron chi connectivity index (χ2n) is 9.82. The van der Waals surface area contributed by atoms with E-state index in [9.17, 15) is 14.9 Å². The van der Waals surface area contributed by atoms with E-state index in [-0.39, 0.29) is 6.42 Å². The molecule has 0 N–H and O–H groups in total. The summed E-state index contributed by atoms with van der Waals surface area (Å²) in [4.78, 5) is 28.0. The van der Waals surface area contributed by atoms with Crippen LogP contribution in [0.5, 0.6) is 0 Å². The van der Waals surface area contributed by atoms with Crippen molar-refractivity contribution >= 4 is 22.8 Å². The van der Waals surface area contributed by atoms with Crippen molar-refractivity contribution in [3.63, 3.8) is 0 Å². The highest BCUT2D eigenvalue weighted by Gasteiger charge is 2.46. The second-order valence-corrected chi connectivity index (χ2v) is 9.82. The van der Waals surface area contributed by atoms with Gasteiger partial charge in [-0.25, -0.2) is 9.59 Å². The van der Waals surface area contributed by atoms with Crippen molar-refractivity contribution in [1.82, 2.24) is 4.90 Å². The highest BCUT2D eigenvalue weighted by molar-refractivity contribution is 5.87. The number of rotatable bonds is 6. The fourth-order valence-corrected chi connectivity index (χ4v) is 4.42. The molecule has 1 aliphatic heterocycles. The molecule has 2 atom stereocenters. The summed E-state index contributed by atoms with van der Waals surface area (Å²) < 4.78 is 23.2. The maximum atomic E-state index is 13.9. The summed E-state index contributed by atoms with van der Waals surface area (Å²) in [5.41, 5.74) is -1.08. The van der Waals surface area contributed by atoms with Crippen LogP contribution in [0.2, 0.25) is 0 Å². The van der Waals surface area contributed by atoms with E-state index in [1.165, 1.54) is 12.0 Å². The van der Waals surface area contributed by atoms with Crippen molar-refractivity contribution in [3.05, 3.63) is 71.7 Å². The molecular weight excluding hydrogens is 460 g/mol. The largest absolute Gasteiger partial charge is 0.468 e. The van der Waals surface area contributed by atoms with Crippen LogP contribution in [0.3, 0.4) is 0 Å². The Bertz CT molecular complexity index is 1290. The molecule has 2 aromatic carbocycles. The molecule has 0 spiro atoms. The van der Waals surface area contributed by atoms with Crippen molar-refractivity contribution in [2.24, 2.45) is 0 Å². The number of carbonyl (C=O) groups excluding carboxylic acids is 2. The van der Waals surface area contributed by atoms with Crippen LogP contribution < -0.4 is 0 Å². The Kier molecular flexibility index (Phi) is 7.04. The lowest BCUT2D eigenvalue weighted by molar-refractivity contribution is -0.183. The van der Waals surface area contributed by atoms with E-state index in [1.54, 1.807) is 57.4 Å². The number of methoxy groups -OCH3 is 1. The molecule has 3 aromatic rings. The van der Waals surface area contributed by atoms with Crippen LogP contribution in [0, 0.1) is 11.3 Å². The number of amides is 1. The van der Waals surface area contributed by atoms with Crippen LogP contribution in [0.4, 0.5) is 4.79 Å². The first-order valence-corrected chi connectivity index (χ1v) is 11.9. The number of furan rings is 1. The van der Waals surface area contributed by atoms with E-state index in [0.717, 1.165) is 10.8 Å². The Morgan fingerprint density at radius 3 is 2.58 bits per heavy atom. The van der Waals surface area contributed by atoms with Gasteiger partial charge in [-0.3, -0.25) is 4.90 Å². The van der Waals surface area contributed by atoms with Crippen LogP contribution in [-0.4, -0.2) is 42.4 Å². The summed E-state index contributed by atoms with van der Waals surface area (Å²) in [6, 6.07) is 16.4. The molecule has 1 aliphatic rings. The van der Waals surface area contributed by atoms with Crippen molar-refractivity contribution in [2.75, 3.05) is 13.7 Å². The van der Waals surface area contributed by atoms with Crippen molar-refractivity contribution in [2.45, 2.75) is 57.5 Å². The molecule has 2 heterocycles. The third-order valence-electron chi connectivity index (χ3n) is 6.21. The molecule has 8 heteroatoms. The monoisotopic (exact) mass is 490 g/mol. The molecule has 36 heavy (non-hydrogen) atoms. The van der Waals surface area contributed by atoms with Gasteiger partial charge in [0, 0.05) is 30.8 Å². The molecule has 0 aliphatic carbocycles. The summed E-state index contributed by atoms with van der Waals surface area (Å²) in [5, 5.41) is 10.7. The predicted molar refractivity (Wildman–Crippen MR) is 132 cm³/mol. The van der Waals surface area contributed by atoms with Gasteiger partial charge in [0.15, 0.2) is 11.8 Å². The van der Waals surface area contributed by atoms with Gasteiger partial charge in [-0.05, 0) is 51.0 Å². The number of likely N-dealkylation sites (tertiary alicyclic amines) is 1. The Labute approximate surface area is 210 Å². The number of ether oxygens (including phenoxy) is 3. The number of esters is 1. The van der Waals surface area contributed by atoms with Gasteiger partial charge < -0.3 is 18.6 Å². The number of benzene rings is 2. The smallest absolute Gasteiger partial charge is 0.413 e. The summed E-state index contributed by atoms with van der Waals surface area (Å²) >= 11 is 0. The minimum Gasteiger partial charge on any atom is -0.468 e. The molecule has 1 amide bonds. The molecule has 188 valence electrons. The minimum atomic E-state index is -1.53.